The van der Waals surface area contributed by atoms with Crippen LogP contribution in [0.5, 0.6) is 0 Å². The second-order valence-corrected chi connectivity index (χ2v) is 6.88. The topological polar surface area (TPSA) is 121 Å². The Morgan fingerprint density at radius 2 is 1.66 bits per heavy atom. The van der Waals surface area contributed by atoms with Gasteiger partial charge in [0.15, 0.2) is 11.1 Å². The van der Waals surface area contributed by atoms with Gasteiger partial charge < -0.3 is 5.11 Å². The zero-order valence-corrected chi connectivity index (χ0v) is 16.2. The summed E-state index contributed by atoms with van der Waals surface area (Å²) in [5, 5.41) is 41.8. The SMILES string of the molecule is C/C(=N\N/C(O)=c1/sc(=C(C#N)C#N)n(-c2ccccc2)c1=N)c1ccccc1. The second-order valence-electron chi connectivity index (χ2n) is 5.88. The molecule has 1 aromatic heterocycles. The number of nitrogens with one attached hydrogen (secondary N) is 2. The van der Waals surface area contributed by atoms with Gasteiger partial charge in [-0.25, -0.2) is 5.43 Å². The van der Waals surface area contributed by atoms with Gasteiger partial charge in [-0.2, -0.15) is 15.6 Å². The molecule has 0 aliphatic rings. The maximum absolute atomic E-state index is 10.5. The van der Waals surface area contributed by atoms with Crippen molar-refractivity contribution in [2.75, 3.05) is 0 Å². The van der Waals surface area contributed by atoms with Gasteiger partial charge in [-0.15, -0.1) is 11.3 Å². The van der Waals surface area contributed by atoms with E-state index in [-0.39, 0.29) is 26.1 Å². The normalized spacial score (nSPS) is 11.9. The molecular weight excluding hydrogens is 384 g/mol. The van der Waals surface area contributed by atoms with E-state index in [4.69, 9.17) is 5.41 Å². The molecule has 29 heavy (non-hydrogen) atoms. The van der Waals surface area contributed by atoms with Crippen molar-refractivity contribution in [3.05, 3.63) is 80.9 Å². The lowest BCUT2D eigenvalue weighted by atomic mass is 10.1. The molecule has 0 atom stereocenters. The number of thiazole rings is 1. The Bertz CT molecular complexity index is 1310. The van der Waals surface area contributed by atoms with Crippen LogP contribution in [0.4, 0.5) is 0 Å². The van der Waals surface area contributed by atoms with Crippen molar-refractivity contribution in [1.82, 2.24) is 9.99 Å². The smallest absolute Gasteiger partial charge is 0.226 e. The summed E-state index contributed by atoms with van der Waals surface area (Å²) in [5.41, 5.74) is 4.51. The van der Waals surface area contributed by atoms with Gasteiger partial charge in [-0.05, 0) is 24.6 Å². The molecule has 0 unspecified atom stereocenters. The molecule has 0 spiro atoms. The number of nitrogens with zero attached hydrogens (tertiary/aromatic N) is 4. The Balaban J connectivity index is 2.19. The minimum atomic E-state index is -0.332. The average Bonchev–Trinajstić information content (AvgIpc) is 3.11. The molecule has 0 fully saturated rings. The summed E-state index contributed by atoms with van der Waals surface area (Å²) >= 11 is 0.968. The standard InChI is InChI=1S/C21H16N6OS/c1-14(15-8-4-2-5-9-15)25-26-20(28)18-19(24)27(17-10-6-3-7-11-17)21(29-18)16(12-22)13-23/h2-11,24,26,28H,1H3/b20-18-,24-19?,25-14+. The van der Waals surface area contributed by atoms with Crippen LogP contribution < -0.4 is 20.1 Å². The van der Waals surface area contributed by atoms with E-state index in [0.29, 0.717) is 11.4 Å². The van der Waals surface area contributed by atoms with Crippen LogP contribution in [0.2, 0.25) is 0 Å². The van der Waals surface area contributed by atoms with Crippen molar-refractivity contribution < 1.29 is 5.11 Å². The van der Waals surface area contributed by atoms with E-state index in [9.17, 15) is 15.6 Å². The minimum Gasteiger partial charge on any atom is -0.493 e. The summed E-state index contributed by atoms with van der Waals surface area (Å²) in [4.78, 5) is 0. The summed E-state index contributed by atoms with van der Waals surface area (Å²) in [5.74, 6) is -0.332. The third-order valence-corrected chi connectivity index (χ3v) is 5.20. The first-order chi connectivity index (χ1) is 14.1. The van der Waals surface area contributed by atoms with Crippen LogP contribution in [-0.2, 0) is 0 Å². The van der Waals surface area contributed by atoms with Gasteiger partial charge in [-0.3, -0.25) is 9.98 Å². The van der Waals surface area contributed by atoms with Crippen molar-refractivity contribution in [2.24, 2.45) is 5.10 Å². The first-order valence-electron chi connectivity index (χ1n) is 8.52. The Morgan fingerprint density at radius 3 is 2.24 bits per heavy atom. The fourth-order valence-corrected chi connectivity index (χ4v) is 3.60. The van der Waals surface area contributed by atoms with Crippen molar-refractivity contribution in [1.29, 1.82) is 15.9 Å². The van der Waals surface area contributed by atoms with E-state index < -0.39 is 0 Å². The quantitative estimate of drug-likeness (QED) is 0.457. The maximum atomic E-state index is 10.5. The molecule has 0 aliphatic heterocycles. The van der Waals surface area contributed by atoms with Gasteiger partial charge in [0.1, 0.15) is 21.3 Å². The van der Waals surface area contributed by atoms with Crippen LogP contribution in [0.1, 0.15) is 12.5 Å². The molecule has 3 rings (SSSR count). The number of aliphatic hydroxyl groups is 1. The maximum Gasteiger partial charge on any atom is 0.226 e. The number of aliphatic hydroxyl groups excluding tert-OH is 1. The third-order valence-electron chi connectivity index (χ3n) is 4.03. The van der Waals surface area contributed by atoms with Crippen molar-refractivity contribution in [3.8, 4) is 17.8 Å². The molecule has 3 aromatic rings. The van der Waals surface area contributed by atoms with Crippen molar-refractivity contribution in [3.63, 3.8) is 0 Å². The highest BCUT2D eigenvalue weighted by molar-refractivity contribution is 7.07. The van der Waals surface area contributed by atoms with E-state index in [1.54, 1.807) is 31.2 Å². The summed E-state index contributed by atoms with van der Waals surface area (Å²) in [6.07, 6.45) is 0. The van der Waals surface area contributed by atoms with Crippen LogP contribution in [0.15, 0.2) is 65.8 Å². The molecule has 7 nitrogen and oxygen atoms in total. The number of hydrazone groups is 1. The number of hydrogen-bond donors (Lipinski definition) is 3. The van der Waals surface area contributed by atoms with Crippen LogP contribution in [-0.4, -0.2) is 15.4 Å². The lowest BCUT2D eigenvalue weighted by Gasteiger charge is -2.03. The minimum absolute atomic E-state index is 0.0586. The van der Waals surface area contributed by atoms with E-state index >= 15 is 0 Å². The zero-order valence-electron chi connectivity index (χ0n) is 15.4. The molecule has 0 saturated carbocycles. The third kappa shape index (κ3) is 4.08. The van der Waals surface area contributed by atoms with Crippen LogP contribution in [0.3, 0.4) is 0 Å². The van der Waals surface area contributed by atoms with E-state index in [2.05, 4.69) is 10.5 Å². The van der Waals surface area contributed by atoms with Gasteiger partial charge >= 0.3 is 0 Å². The zero-order chi connectivity index (χ0) is 20.8. The fourth-order valence-electron chi connectivity index (χ4n) is 2.59. The van der Waals surface area contributed by atoms with Gasteiger partial charge in [0.2, 0.25) is 5.88 Å². The number of benzene rings is 2. The molecule has 0 saturated heterocycles. The Labute approximate surface area is 170 Å². The molecule has 142 valence electrons. The Kier molecular flexibility index (Phi) is 5.88. The predicted molar refractivity (Wildman–Crippen MR) is 111 cm³/mol. The monoisotopic (exact) mass is 400 g/mol. The lowest BCUT2D eigenvalue weighted by Crippen LogP contribution is -2.33. The Morgan fingerprint density at radius 1 is 1.07 bits per heavy atom. The average molecular weight is 400 g/mol. The summed E-state index contributed by atoms with van der Waals surface area (Å²) in [7, 11) is 0. The van der Waals surface area contributed by atoms with Crippen LogP contribution in [0, 0.1) is 28.1 Å². The highest BCUT2D eigenvalue weighted by atomic mass is 32.1. The lowest BCUT2D eigenvalue weighted by molar-refractivity contribution is 0.462. The summed E-state index contributed by atoms with van der Waals surface area (Å²) in [6.45, 7) is 1.79. The van der Waals surface area contributed by atoms with Gasteiger partial charge in [0.05, 0.1) is 5.71 Å². The largest absolute Gasteiger partial charge is 0.493 e. The molecule has 1 heterocycles. The molecule has 2 aromatic carbocycles. The first kappa shape index (κ1) is 19.6. The summed E-state index contributed by atoms with van der Waals surface area (Å²) < 4.78 is 1.88. The van der Waals surface area contributed by atoms with Crippen molar-refractivity contribution in [2.45, 2.75) is 6.92 Å². The summed E-state index contributed by atoms with van der Waals surface area (Å²) in [6, 6.07) is 22.1. The molecule has 0 aliphatic carbocycles. The fraction of sp³-hybridized carbons (Fsp3) is 0.0476. The Hall–Kier alpha value is -4.14. The predicted octanol–water partition coefficient (Wildman–Crippen LogP) is 1.85. The first-order valence-corrected chi connectivity index (χ1v) is 9.33. The van der Waals surface area contributed by atoms with E-state index in [1.165, 1.54) is 4.57 Å². The van der Waals surface area contributed by atoms with Crippen molar-refractivity contribution >= 4 is 28.5 Å². The molecule has 0 bridgehead atoms. The number of nitriles is 2. The highest BCUT2D eigenvalue weighted by Gasteiger charge is 2.11. The number of para-hydroxylation sites is 1. The highest BCUT2D eigenvalue weighted by Crippen LogP contribution is 2.03. The molecule has 8 heteroatoms. The van der Waals surface area contributed by atoms with Gasteiger partial charge in [-0.1, -0.05) is 48.5 Å². The number of rotatable bonds is 4. The second kappa shape index (κ2) is 8.70. The van der Waals surface area contributed by atoms with Gasteiger partial charge in [0, 0.05) is 5.69 Å². The number of aromatic nitrogens is 1. The van der Waals surface area contributed by atoms with Crippen LogP contribution in [0.25, 0.3) is 17.1 Å². The van der Waals surface area contributed by atoms with Gasteiger partial charge in [0.25, 0.3) is 0 Å². The molecule has 0 amide bonds. The molecular formula is C21H16N6OS. The van der Waals surface area contributed by atoms with Crippen LogP contribution >= 0.6 is 11.3 Å². The van der Waals surface area contributed by atoms with E-state index in [1.807, 2.05) is 48.5 Å². The number of hydrogen-bond acceptors (Lipinski definition) is 7. The van der Waals surface area contributed by atoms with E-state index in [0.717, 1.165) is 16.9 Å². The molecule has 3 N–H and O–H groups in total. The molecule has 0 radical (unpaired) electrons.